The predicted molar refractivity (Wildman–Crippen MR) is 96.1 cm³/mol. The van der Waals surface area contributed by atoms with Crippen LogP contribution in [0.3, 0.4) is 0 Å². The lowest BCUT2D eigenvalue weighted by atomic mass is 9.94. The summed E-state index contributed by atoms with van der Waals surface area (Å²) >= 11 is 0. The normalized spacial score (nSPS) is 22.9. The molecule has 1 N–H and O–H groups in total. The molecule has 1 aromatic rings. The van der Waals surface area contributed by atoms with E-state index in [9.17, 15) is 9.59 Å². The molecule has 140 valence electrons. The maximum absolute atomic E-state index is 12.1. The molecule has 1 amide bonds. The van der Waals surface area contributed by atoms with E-state index in [0.29, 0.717) is 36.3 Å². The molecule has 0 aliphatic heterocycles. The molecule has 0 aromatic heterocycles. The number of carbonyl (C=O) groups is 2. The van der Waals surface area contributed by atoms with Crippen molar-refractivity contribution in [2.45, 2.75) is 19.3 Å². The summed E-state index contributed by atoms with van der Waals surface area (Å²) in [6, 6.07) is 5.64. The first-order chi connectivity index (χ1) is 12.6. The molecule has 0 spiro atoms. The molecule has 0 heterocycles. The van der Waals surface area contributed by atoms with Gasteiger partial charge in [0.1, 0.15) is 0 Å². The molecule has 1 saturated carbocycles. The molecular weight excluding hydrogens is 334 g/mol. The number of hydrogen-bond donors (Lipinski definition) is 1. The number of hydrogen-bond acceptors (Lipinski definition) is 5. The average molecular weight is 359 g/mol. The minimum absolute atomic E-state index is 0.0791. The Morgan fingerprint density at radius 2 is 1.92 bits per heavy atom. The Morgan fingerprint density at radius 1 is 1.12 bits per heavy atom. The average Bonchev–Trinajstić information content (AvgIpc) is 3.29. The van der Waals surface area contributed by atoms with Gasteiger partial charge in [-0.3, -0.25) is 9.59 Å². The van der Waals surface area contributed by atoms with Crippen molar-refractivity contribution in [1.29, 1.82) is 0 Å². The highest BCUT2D eigenvalue weighted by molar-refractivity contribution is 5.81. The van der Waals surface area contributed by atoms with Crippen LogP contribution in [-0.4, -0.2) is 39.2 Å². The number of rotatable bonds is 8. The summed E-state index contributed by atoms with van der Waals surface area (Å²) in [6.45, 7) is 0.241. The summed E-state index contributed by atoms with van der Waals surface area (Å²) in [5.41, 5.74) is 1.02. The number of amides is 1. The SMILES string of the molecule is COc1ccc(CCNC(=O)COC(=O)[C@@H]2C[C@@H]3C=C[C@H]2C3)cc1OC. The van der Waals surface area contributed by atoms with Gasteiger partial charge in [0, 0.05) is 6.54 Å². The maximum atomic E-state index is 12.1. The fourth-order valence-corrected chi connectivity index (χ4v) is 3.73. The first kappa shape index (κ1) is 18.3. The fraction of sp³-hybridized carbons (Fsp3) is 0.500. The van der Waals surface area contributed by atoms with E-state index >= 15 is 0 Å². The van der Waals surface area contributed by atoms with Crippen molar-refractivity contribution in [3.8, 4) is 11.5 Å². The van der Waals surface area contributed by atoms with Crippen LogP contribution in [0.15, 0.2) is 30.4 Å². The van der Waals surface area contributed by atoms with Crippen LogP contribution in [0.4, 0.5) is 0 Å². The zero-order valence-electron chi connectivity index (χ0n) is 15.2. The third kappa shape index (κ3) is 4.18. The Hall–Kier alpha value is -2.50. The Bertz CT molecular complexity index is 699. The molecule has 2 aliphatic rings. The molecule has 26 heavy (non-hydrogen) atoms. The van der Waals surface area contributed by atoms with Crippen LogP contribution >= 0.6 is 0 Å². The van der Waals surface area contributed by atoms with Gasteiger partial charge in [0.15, 0.2) is 18.1 Å². The molecule has 6 nitrogen and oxygen atoms in total. The number of carbonyl (C=O) groups excluding carboxylic acids is 2. The van der Waals surface area contributed by atoms with Crippen LogP contribution in [0.25, 0.3) is 0 Å². The van der Waals surface area contributed by atoms with Crippen LogP contribution in [0.1, 0.15) is 18.4 Å². The summed E-state index contributed by atoms with van der Waals surface area (Å²) in [5, 5.41) is 2.77. The lowest BCUT2D eigenvalue weighted by Gasteiger charge is -2.16. The van der Waals surface area contributed by atoms with E-state index in [-0.39, 0.29) is 24.4 Å². The topological polar surface area (TPSA) is 73.9 Å². The minimum Gasteiger partial charge on any atom is -0.493 e. The van der Waals surface area contributed by atoms with Crippen molar-refractivity contribution < 1.29 is 23.8 Å². The Kier molecular flexibility index (Phi) is 5.81. The monoisotopic (exact) mass is 359 g/mol. The van der Waals surface area contributed by atoms with Gasteiger partial charge in [-0.15, -0.1) is 0 Å². The van der Waals surface area contributed by atoms with Crippen molar-refractivity contribution in [3.05, 3.63) is 35.9 Å². The molecule has 1 aromatic carbocycles. The van der Waals surface area contributed by atoms with Gasteiger partial charge >= 0.3 is 5.97 Å². The molecule has 2 bridgehead atoms. The summed E-state index contributed by atoms with van der Waals surface area (Å²) in [7, 11) is 3.18. The fourth-order valence-electron chi connectivity index (χ4n) is 3.73. The Morgan fingerprint density at radius 3 is 2.58 bits per heavy atom. The van der Waals surface area contributed by atoms with Gasteiger partial charge < -0.3 is 19.5 Å². The van der Waals surface area contributed by atoms with E-state index in [1.165, 1.54) is 0 Å². The lowest BCUT2D eigenvalue weighted by molar-refractivity contribution is -0.153. The van der Waals surface area contributed by atoms with Crippen LogP contribution < -0.4 is 14.8 Å². The first-order valence-corrected chi connectivity index (χ1v) is 8.93. The molecule has 1 fully saturated rings. The smallest absolute Gasteiger partial charge is 0.310 e. The molecule has 0 unspecified atom stereocenters. The zero-order valence-corrected chi connectivity index (χ0v) is 15.2. The molecular formula is C20H25NO5. The van der Waals surface area contributed by atoms with Gasteiger partial charge in [0.25, 0.3) is 5.91 Å². The third-order valence-corrected chi connectivity index (χ3v) is 5.11. The van der Waals surface area contributed by atoms with Gasteiger partial charge in [-0.05, 0) is 48.8 Å². The van der Waals surface area contributed by atoms with Gasteiger partial charge in [-0.1, -0.05) is 18.2 Å². The molecule has 0 saturated heterocycles. The van der Waals surface area contributed by atoms with E-state index in [1.807, 2.05) is 18.2 Å². The third-order valence-electron chi connectivity index (χ3n) is 5.11. The summed E-state index contributed by atoms with van der Waals surface area (Å²) in [6.07, 6.45) is 6.81. The number of benzene rings is 1. The van der Waals surface area contributed by atoms with Gasteiger partial charge in [-0.25, -0.2) is 0 Å². The van der Waals surface area contributed by atoms with Gasteiger partial charge in [0.2, 0.25) is 0 Å². The van der Waals surface area contributed by atoms with E-state index in [1.54, 1.807) is 14.2 Å². The van der Waals surface area contributed by atoms with E-state index in [4.69, 9.17) is 14.2 Å². The number of esters is 1. The summed E-state index contributed by atoms with van der Waals surface area (Å²) < 4.78 is 15.7. The highest BCUT2D eigenvalue weighted by Crippen LogP contribution is 2.43. The summed E-state index contributed by atoms with van der Waals surface area (Å²) in [5.74, 6) is 1.51. The summed E-state index contributed by atoms with van der Waals surface area (Å²) in [4.78, 5) is 24.0. The van der Waals surface area contributed by atoms with Crippen LogP contribution in [-0.2, 0) is 20.7 Å². The number of allylic oxidation sites excluding steroid dienone is 2. The quantitative estimate of drug-likeness (QED) is 0.568. The van der Waals surface area contributed by atoms with Crippen LogP contribution in [0.2, 0.25) is 0 Å². The highest BCUT2D eigenvalue weighted by atomic mass is 16.5. The minimum atomic E-state index is -0.280. The van der Waals surface area contributed by atoms with Crippen molar-refractivity contribution in [2.75, 3.05) is 27.4 Å². The second kappa shape index (κ2) is 8.25. The molecule has 3 rings (SSSR count). The highest BCUT2D eigenvalue weighted by Gasteiger charge is 2.40. The molecule has 3 atom stereocenters. The standard InChI is InChI=1S/C20H25NO5/c1-24-17-6-4-13(11-18(17)25-2)7-8-21-19(22)12-26-20(23)16-10-14-3-5-15(16)9-14/h3-6,11,14-16H,7-10,12H2,1-2H3,(H,21,22)/t14-,15+,16-/m1/s1. The zero-order chi connectivity index (χ0) is 18.5. The molecule has 2 aliphatic carbocycles. The number of methoxy groups -OCH3 is 2. The van der Waals surface area contributed by atoms with Crippen molar-refractivity contribution in [1.82, 2.24) is 5.32 Å². The second-order valence-electron chi connectivity index (χ2n) is 6.78. The van der Waals surface area contributed by atoms with Crippen LogP contribution in [0, 0.1) is 17.8 Å². The van der Waals surface area contributed by atoms with Crippen molar-refractivity contribution in [3.63, 3.8) is 0 Å². The first-order valence-electron chi connectivity index (χ1n) is 8.93. The number of fused-ring (bicyclic) bond motifs is 2. The molecule has 6 heteroatoms. The van der Waals surface area contributed by atoms with Gasteiger partial charge in [0.05, 0.1) is 20.1 Å². The Balaban J connectivity index is 1.38. The van der Waals surface area contributed by atoms with E-state index < -0.39 is 0 Å². The van der Waals surface area contributed by atoms with Crippen molar-refractivity contribution >= 4 is 11.9 Å². The van der Waals surface area contributed by atoms with Crippen LogP contribution in [0.5, 0.6) is 11.5 Å². The van der Waals surface area contributed by atoms with E-state index in [0.717, 1.165) is 18.4 Å². The number of nitrogens with one attached hydrogen (secondary N) is 1. The largest absolute Gasteiger partial charge is 0.493 e. The predicted octanol–water partition coefficient (Wildman–Crippen LogP) is 2.12. The maximum Gasteiger partial charge on any atom is 0.310 e. The molecule has 0 radical (unpaired) electrons. The van der Waals surface area contributed by atoms with E-state index in [2.05, 4.69) is 17.5 Å². The van der Waals surface area contributed by atoms with Gasteiger partial charge in [-0.2, -0.15) is 0 Å². The Labute approximate surface area is 153 Å². The second-order valence-corrected chi connectivity index (χ2v) is 6.78. The lowest BCUT2D eigenvalue weighted by Crippen LogP contribution is -2.32. The van der Waals surface area contributed by atoms with Crippen molar-refractivity contribution in [2.24, 2.45) is 17.8 Å². The number of ether oxygens (including phenoxy) is 3.